The fourth-order valence-electron chi connectivity index (χ4n) is 3.66. The molecule has 0 spiro atoms. The molecule has 1 aliphatic rings. The predicted octanol–water partition coefficient (Wildman–Crippen LogP) is 5.98. The standard InChI is InChI=1S/C22H23BrN2O.ClH/c23-21-9-5-4-8-20(21)22-24-19(16-26-22)15-25-12-10-18(11-13-25)14-17-6-2-1-3-7-17;/h1-9,16,18H,10-15H2;1H. The molecule has 0 aliphatic carbocycles. The van der Waals surface area contributed by atoms with Gasteiger partial charge in [-0.25, -0.2) is 4.98 Å². The van der Waals surface area contributed by atoms with Crippen LogP contribution in [0.2, 0.25) is 0 Å². The van der Waals surface area contributed by atoms with Crippen molar-refractivity contribution in [2.75, 3.05) is 13.1 Å². The van der Waals surface area contributed by atoms with Gasteiger partial charge in [0.25, 0.3) is 0 Å². The second-order valence-electron chi connectivity index (χ2n) is 7.03. The minimum absolute atomic E-state index is 0. The summed E-state index contributed by atoms with van der Waals surface area (Å²) < 4.78 is 6.71. The topological polar surface area (TPSA) is 29.3 Å². The van der Waals surface area contributed by atoms with Crippen LogP contribution in [0.4, 0.5) is 0 Å². The van der Waals surface area contributed by atoms with Crippen molar-refractivity contribution in [2.24, 2.45) is 5.92 Å². The highest BCUT2D eigenvalue weighted by Crippen LogP contribution is 2.28. The molecule has 3 nitrogen and oxygen atoms in total. The lowest BCUT2D eigenvalue weighted by molar-refractivity contribution is 0.175. The lowest BCUT2D eigenvalue weighted by Gasteiger charge is -2.31. The predicted molar refractivity (Wildman–Crippen MR) is 115 cm³/mol. The van der Waals surface area contributed by atoms with Crippen molar-refractivity contribution in [2.45, 2.75) is 25.8 Å². The number of benzene rings is 2. The average Bonchev–Trinajstić information content (AvgIpc) is 3.13. The van der Waals surface area contributed by atoms with E-state index in [2.05, 4.69) is 56.1 Å². The fourth-order valence-corrected chi connectivity index (χ4v) is 4.12. The maximum Gasteiger partial charge on any atom is 0.227 e. The summed E-state index contributed by atoms with van der Waals surface area (Å²) in [7, 11) is 0. The lowest BCUT2D eigenvalue weighted by Crippen LogP contribution is -2.33. The Bertz CT molecular complexity index is 844. The molecule has 1 saturated heterocycles. The van der Waals surface area contributed by atoms with Gasteiger partial charge in [0.2, 0.25) is 5.89 Å². The molecular formula is C22H24BrClN2O. The maximum atomic E-state index is 5.71. The van der Waals surface area contributed by atoms with Crippen LogP contribution in [-0.2, 0) is 13.0 Å². The van der Waals surface area contributed by atoms with Crippen LogP contribution in [0.15, 0.2) is 69.8 Å². The van der Waals surface area contributed by atoms with Crippen molar-refractivity contribution in [3.8, 4) is 11.5 Å². The molecule has 5 heteroatoms. The molecule has 0 bridgehead atoms. The number of nitrogens with zero attached hydrogens (tertiary/aromatic N) is 2. The van der Waals surface area contributed by atoms with Gasteiger partial charge in [-0.3, -0.25) is 4.90 Å². The summed E-state index contributed by atoms with van der Waals surface area (Å²) in [6, 6.07) is 18.9. The van der Waals surface area contributed by atoms with E-state index in [1.165, 1.54) is 24.8 Å². The third-order valence-electron chi connectivity index (χ3n) is 5.12. The van der Waals surface area contributed by atoms with Crippen LogP contribution in [0.25, 0.3) is 11.5 Å². The minimum atomic E-state index is 0. The van der Waals surface area contributed by atoms with Crippen LogP contribution in [0.3, 0.4) is 0 Å². The number of hydrogen-bond donors (Lipinski definition) is 0. The van der Waals surface area contributed by atoms with E-state index in [0.29, 0.717) is 5.89 Å². The number of aromatic nitrogens is 1. The molecule has 1 fully saturated rings. The van der Waals surface area contributed by atoms with Crippen molar-refractivity contribution >= 4 is 28.3 Å². The van der Waals surface area contributed by atoms with Gasteiger partial charge in [-0.2, -0.15) is 0 Å². The second-order valence-corrected chi connectivity index (χ2v) is 7.89. The highest BCUT2D eigenvalue weighted by Gasteiger charge is 2.20. The van der Waals surface area contributed by atoms with E-state index in [0.717, 1.165) is 41.3 Å². The van der Waals surface area contributed by atoms with Crippen molar-refractivity contribution in [3.05, 3.63) is 76.6 Å². The van der Waals surface area contributed by atoms with Crippen LogP contribution in [-0.4, -0.2) is 23.0 Å². The maximum absolute atomic E-state index is 5.71. The Kier molecular flexibility index (Phi) is 7.11. The van der Waals surface area contributed by atoms with E-state index >= 15 is 0 Å². The Morgan fingerprint density at radius 1 is 1.00 bits per heavy atom. The van der Waals surface area contributed by atoms with E-state index in [9.17, 15) is 0 Å². The van der Waals surface area contributed by atoms with Gasteiger partial charge in [0.15, 0.2) is 0 Å². The number of likely N-dealkylation sites (tertiary alicyclic amines) is 1. The molecule has 2 heterocycles. The summed E-state index contributed by atoms with van der Waals surface area (Å²) in [6.45, 7) is 3.13. The third-order valence-corrected chi connectivity index (χ3v) is 5.81. The van der Waals surface area contributed by atoms with Gasteiger partial charge in [0.1, 0.15) is 6.26 Å². The van der Waals surface area contributed by atoms with Crippen LogP contribution in [0, 0.1) is 5.92 Å². The molecule has 0 unspecified atom stereocenters. The largest absolute Gasteiger partial charge is 0.444 e. The lowest BCUT2D eigenvalue weighted by atomic mass is 9.90. The van der Waals surface area contributed by atoms with Gasteiger partial charge in [-0.1, -0.05) is 42.5 Å². The summed E-state index contributed by atoms with van der Waals surface area (Å²) >= 11 is 3.56. The first kappa shape index (κ1) is 20.1. The quantitative estimate of drug-likeness (QED) is 0.482. The van der Waals surface area contributed by atoms with Crippen molar-refractivity contribution in [1.29, 1.82) is 0 Å². The highest BCUT2D eigenvalue weighted by molar-refractivity contribution is 9.10. The van der Waals surface area contributed by atoms with Crippen LogP contribution in [0.5, 0.6) is 0 Å². The van der Waals surface area contributed by atoms with Gasteiger partial charge in [-0.05, 0) is 71.9 Å². The Morgan fingerprint density at radius 3 is 2.44 bits per heavy atom. The molecule has 27 heavy (non-hydrogen) atoms. The Balaban J connectivity index is 0.00000210. The minimum Gasteiger partial charge on any atom is -0.444 e. The van der Waals surface area contributed by atoms with E-state index in [4.69, 9.17) is 4.42 Å². The number of hydrogen-bond acceptors (Lipinski definition) is 3. The first-order valence-electron chi connectivity index (χ1n) is 9.23. The monoisotopic (exact) mass is 446 g/mol. The molecule has 3 aromatic rings. The van der Waals surface area contributed by atoms with Crippen molar-refractivity contribution in [1.82, 2.24) is 9.88 Å². The molecule has 1 aliphatic heterocycles. The van der Waals surface area contributed by atoms with Crippen LogP contribution >= 0.6 is 28.3 Å². The van der Waals surface area contributed by atoms with Crippen molar-refractivity contribution < 1.29 is 4.42 Å². The summed E-state index contributed by atoms with van der Waals surface area (Å²) in [5, 5.41) is 0. The molecule has 4 rings (SSSR count). The molecule has 0 N–H and O–H groups in total. The zero-order valence-corrected chi connectivity index (χ0v) is 17.6. The molecular weight excluding hydrogens is 424 g/mol. The fraction of sp³-hybridized carbons (Fsp3) is 0.318. The van der Waals surface area contributed by atoms with E-state index in [1.54, 1.807) is 6.26 Å². The summed E-state index contributed by atoms with van der Waals surface area (Å²) in [6.07, 6.45) is 5.50. The molecule has 0 saturated carbocycles. The molecule has 0 atom stereocenters. The van der Waals surface area contributed by atoms with Gasteiger partial charge in [-0.15, -0.1) is 12.4 Å². The molecule has 0 radical (unpaired) electrons. The second kappa shape index (κ2) is 9.54. The molecule has 0 amide bonds. The first-order chi connectivity index (χ1) is 12.8. The van der Waals surface area contributed by atoms with Gasteiger partial charge in [0, 0.05) is 11.0 Å². The van der Waals surface area contributed by atoms with E-state index in [1.807, 2.05) is 24.3 Å². The Morgan fingerprint density at radius 2 is 1.70 bits per heavy atom. The number of halogens is 2. The number of oxazole rings is 1. The highest BCUT2D eigenvalue weighted by atomic mass is 79.9. The number of piperidine rings is 1. The van der Waals surface area contributed by atoms with E-state index in [-0.39, 0.29) is 12.4 Å². The van der Waals surface area contributed by atoms with Gasteiger partial charge < -0.3 is 4.42 Å². The van der Waals surface area contributed by atoms with Gasteiger partial charge >= 0.3 is 0 Å². The Hall–Kier alpha value is -1.62. The molecule has 142 valence electrons. The smallest absolute Gasteiger partial charge is 0.227 e. The zero-order valence-electron chi connectivity index (χ0n) is 15.2. The third kappa shape index (κ3) is 5.22. The normalized spacial score (nSPS) is 15.4. The zero-order chi connectivity index (χ0) is 17.8. The summed E-state index contributed by atoms with van der Waals surface area (Å²) in [4.78, 5) is 7.17. The SMILES string of the molecule is Brc1ccccc1-c1nc(CN2CCC(Cc3ccccc3)CC2)co1.Cl. The first-order valence-corrected chi connectivity index (χ1v) is 10.0. The van der Waals surface area contributed by atoms with Crippen LogP contribution in [0.1, 0.15) is 24.1 Å². The summed E-state index contributed by atoms with van der Waals surface area (Å²) in [5.41, 5.74) is 3.47. The van der Waals surface area contributed by atoms with Gasteiger partial charge in [0.05, 0.1) is 11.3 Å². The summed E-state index contributed by atoms with van der Waals surface area (Å²) in [5.74, 6) is 1.48. The van der Waals surface area contributed by atoms with Crippen LogP contribution < -0.4 is 0 Å². The molecule has 2 aromatic carbocycles. The van der Waals surface area contributed by atoms with E-state index < -0.39 is 0 Å². The Labute approximate surface area is 175 Å². The van der Waals surface area contributed by atoms with Crippen molar-refractivity contribution in [3.63, 3.8) is 0 Å². The number of rotatable bonds is 5. The average molecular weight is 448 g/mol. The molecule has 1 aromatic heterocycles.